The van der Waals surface area contributed by atoms with Crippen LogP contribution in [0.1, 0.15) is 5.56 Å². The number of ether oxygens (including phenoxy) is 1. The molecule has 2 aliphatic rings. The van der Waals surface area contributed by atoms with Crippen molar-refractivity contribution in [3.63, 3.8) is 0 Å². The van der Waals surface area contributed by atoms with E-state index in [1.54, 1.807) is 0 Å². The topological polar surface area (TPSA) is 83.8 Å². The molecule has 0 atom stereocenters. The van der Waals surface area contributed by atoms with E-state index in [0.717, 1.165) is 12.9 Å². The van der Waals surface area contributed by atoms with Crippen LogP contribution in [0, 0.1) is 0 Å². The maximum absolute atomic E-state index is 9.19. The SMILES string of the molecule is CO.CS(=O)(=O)O.c1ccc(COc2ccc3cc2-3)cc1. The Balaban J connectivity index is 0.000000272. The summed E-state index contributed by atoms with van der Waals surface area (Å²) in [5.74, 6) is 1.02. The minimum atomic E-state index is -3.67. The number of hydrogen-bond acceptors (Lipinski definition) is 4. The van der Waals surface area contributed by atoms with Crippen molar-refractivity contribution < 1.29 is 22.8 Å². The molecule has 0 fully saturated rings. The van der Waals surface area contributed by atoms with Crippen molar-refractivity contribution >= 4 is 10.1 Å². The molecule has 1 aromatic rings. The van der Waals surface area contributed by atoms with Gasteiger partial charge in [0.2, 0.25) is 0 Å². The second-order valence-electron chi connectivity index (χ2n) is 4.22. The molecule has 0 radical (unpaired) electrons. The molecule has 0 aliphatic heterocycles. The van der Waals surface area contributed by atoms with Gasteiger partial charge in [-0.2, -0.15) is 8.42 Å². The first-order valence-electron chi connectivity index (χ1n) is 6.12. The van der Waals surface area contributed by atoms with Gasteiger partial charge in [0, 0.05) is 12.7 Å². The van der Waals surface area contributed by atoms with Crippen molar-refractivity contribution in [2.75, 3.05) is 13.4 Å². The van der Waals surface area contributed by atoms with Crippen molar-refractivity contribution in [1.82, 2.24) is 0 Å². The minimum absolute atomic E-state index is 0.658. The maximum atomic E-state index is 9.19. The third kappa shape index (κ3) is 6.89. The van der Waals surface area contributed by atoms with E-state index >= 15 is 0 Å². The third-order valence-corrected chi connectivity index (χ3v) is 2.44. The molecule has 0 unspecified atom stereocenters. The van der Waals surface area contributed by atoms with Crippen LogP contribution in [0.3, 0.4) is 0 Å². The maximum Gasteiger partial charge on any atom is 0.261 e. The first-order chi connectivity index (χ1) is 9.93. The first kappa shape index (κ1) is 17.2. The Hall–Kier alpha value is -1.89. The summed E-state index contributed by atoms with van der Waals surface area (Å²) in [4.78, 5) is 0. The van der Waals surface area contributed by atoms with Crippen LogP contribution in [0.4, 0.5) is 0 Å². The van der Waals surface area contributed by atoms with Gasteiger partial charge in [-0.15, -0.1) is 0 Å². The first-order valence-corrected chi connectivity index (χ1v) is 7.96. The number of aliphatic hydroxyl groups excluding tert-OH is 1. The highest BCUT2D eigenvalue weighted by atomic mass is 32.2. The monoisotopic (exact) mass is 310 g/mol. The quantitative estimate of drug-likeness (QED) is 0.726. The molecule has 0 saturated heterocycles. The average Bonchev–Trinajstić information content (AvgIpc) is 3.12. The summed E-state index contributed by atoms with van der Waals surface area (Å²) >= 11 is 0. The molecule has 0 amide bonds. The third-order valence-electron chi connectivity index (χ3n) is 2.44. The summed E-state index contributed by atoms with van der Waals surface area (Å²) in [6, 6.07) is 16.5. The van der Waals surface area contributed by atoms with Crippen molar-refractivity contribution in [1.29, 1.82) is 0 Å². The Morgan fingerprint density at radius 2 is 1.62 bits per heavy atom. The van der Waals surface area contributed by atoms with E-state index in [0.29, 0.717) is 12.9 Å². The molecule has 0 saturated carbocycles. The number of rotatable bonds is 3. The fourth-order valence-electron chi connectivity index (χ4n) is 1.59. The number of hydrogen-bond donors (Lipinski definition) is 2. The van der Waals surface area contributed by atoms with Gasteiger partial charge in [-0.25, -0.2) is 0 Å². The highest BCUT2D eigenvalue weighted by Crippen LogP contribution is 2.43. The number of fused-ring (bicyclic) bond motifs is 1. The van der Waals surface area contributed by atoms with Gasteiger partial charge < -0.3 is 9.84 Å². The van der Waals surface area contributed by atoms with Crippen LogP contribution in [-0.4, -0.2) is 31.4 Å². The van der Waals surface area contributed by atoms with E-state index in [1.807, 2.05) is 24.3 Å². The largest absolute Gasteiger partial charge is 0.488 e. The van der Waals surface area contributed by atoms with Crippen molar-refractivity contribution in [3.05, 3.63) is 54.1 Å². The molecule has 0 spiro atoms. The second-order valence-corrected chi connectivity index (χ2v) is 5.68. The van der Waals surface area contributed by atoms with Gasteiger partial charge in [-0.3, -0.25) is 4.55 Å². The van der Waals surface area contributed by atoms with Gasteiger partial charge in [0.05, 0.1) is 6.26 Å². The van der Waals surface area contributed by atoms with Crippen LogP contribution in [0.25, 0.3) is 11.1 Å². The molecule has 0 bridgehead atoms. The number of aliphatic hydroxyl groups is 1. The number of benzene rings is 2. The van der Waals surface area contributed by atoms with Crippen LogP contribution < -0.4 is 4.74 Å². The normalized spacial score (nSPS) is 10.5. The summed E-state index contributed by atoms with van der Waals surface area (Å²) in [5, 5.41) is 7.00. The molecule has 21 heavy (non-hydrogen) atoms. The van der Waals surface area contributed by atoms with Gasteiger partial charge in [0.1, 0.15) is 12.4 Å². The zero-order valence-electron chi connectivity index (χ0n) is 11.9. The Bertz CT molecular complexity index is 658. The van der Waals surface area contributed by atoms with Crippen molar-refractivity contribution in [3.8, 4) is 16.9 Å². The van der Waals surface area contributed by atoms with Crippen LogP contribution in [0.5, 0.6) is 5.75 Å². The fourth-order valence-corrected chi connectivity index (χ4v) is 1.59. The lowest BCUT2D eigenvalue weighted by Crippen LogP contribution is -1.93. The molecule has 114 valence electrons. The summed E-state index contributed by atoms with van der Waals surface area (Å²) in [7, 11) is -2.67. The summed E-state index contributed by atoms with van der Waals surface area (Å²) in [5.41, 5.74) is 3.82. The summed E-state index contributed by atoms with van der Waals surface area (Å²) < 4.78 is 31.6. The molecular weight excluding hydrogens is 292 g/mol. The summed E-state index contributed by atoms with van der Waals surface area (Å²) in [6.45, 7) is 0.658. The van der Waals surface area contributed by atoms with Crippen LogP contribution in [0.2, 0.25) is 0 Å². The van der Waals surface area contributed by atoms with Gasteiger partial charge in [0.25, 0.3) is 10.1 Å². The van der Waals surface area contributed by atoms with Gasteiger partial charge >= 0.3 is 0 Å². The fraction of sp³-hybridized carbons (Fsp3) is 0.200. The van der Waals surface area contributed by atoms with Crippen molar-refractivity contribution in [2.24, 2.45) is 0 Å². The van der Waals surface area contributed by atoms with Gasteiger partial charge in [-0.05, 0) is 23.3 Å². The van der Waals surface area contributed by atoms with Crippen LogP contribution in [0.15, 0.2) is 48.5 Å². The molecule has 0 aromatic heterocycles. The van der Waals surface area contributed by atoms with E-state index in [4.69, 9.17) is 14.4 Å². The Morgan fingerprint density at radius 1 is 1.05 bits per heavy atom. The van der Waals surface area contributed by atoms with E-state index in [2.05, 4.69) is 24.3 Å². The molecule has 6 heteroatoms. The lowest BCUT2D eigenvalue weighted by atomic mass is 10.2. The Kier molecular flexibility index (Phi) is 6.36. The standard InChI is InChI=1S/C13H10O.CH4O3S.CH4O/c1-2-4-10(5-3-1)9-14-13-7-6-11-8-12(11)13;1-5(2,3)4;1-2/h1-8H,9H2;1H3,(H,2,3,4);2H,1H3. The molecule has 2 N–H and O–H groups in total. The summed E-state index contributed by atoms with van der Waals surface area (Å²) in [6.07, 6.45) is 0.715. The van der Waals surface area contributed by atoms with E-state index in [-0.39, 0.29) is 0 Å². The lowest BCUT2D eigenvalue weighted by Gasteiger charge is -2.03. The van der Waals surface area contributed by atoms with Gasteiger partial charge in [0.15, 0.2) is 0 Å². The molecule has 5 nitrogen and oxygen atoms in total. The smallest absolute Gasteiger partial charge is 0.261 e. The molecular formula is C15H18O5S. The van der Waals surface area contributed by atoms with Crippen LogP contribution >= 0.6 is 0 Å². The van der Waals surface area contributed by atoms with E-state index < -0.39 is 10.1 Å². The lowest BCUT2D eigenvalue weighted by molar-refractivity contribution is 0.309. The molecule has 3 rings (SSSR count). The average molecular weight is 310 g/mol. The van der Waals surface area contributed by atoms with Gasteiger partial charge in [-0.1, -0.05) is 36.4 Å². The predicted molar refractivity (Wildman–Crippen MR) is 81.8 cm³/mol. The Morgan fingerprint density at radius 3 is 2.05 bits per heavy atom. The zero-order valence-corrected chi connectivity index (χ0v) is 12.7. The minimum Gasteiger partial charge on any atom is -0.488 e. The Labute approximate surface area is 124 Å². The highest BCUT2D eigenvalue weighted by Gasteiger charge is 2.18. The van der Waals surface area contributed by atoms with E-state index in [1.165, 1.54) is 16.7 Å². The highest BCUT2D eigenvalue weighted by molar-refractivity contribution is 7.85. The molecule has 0 heterocycles. The zero-order chi connectivity index (χ0) is 15.9. The van der Waals surface area contributed by atoms with Crippen LogP contribution in [-0.2, 0) is 16.7 Å². The second kappa shape index (κ2) is 7.78. The van der Waals surface area contributed by atoms with E-state index in [9.17, 15) is 8.42 Å². The van der Waals surface area contributed by atoms with Crippen molar-refractivity contribution in [2.45, 2.75) is 6.61 Å². The molecule has 1 aromatic carbocycles. The predicted octanol–water partition coefficient (Wildman–Crippen LogP) is 2.36. The molecule has 2 aliphatic carbocycles.